The van der Waals surface area contributed by atoms with E-state index in [1.54, 1.807) is 0 Å². The van der Waals surface area contributed by atoms with Crippen molar-refractivity contribution in [2.75, 3.05) is 0 Å². The number of aliphatic imine (C=N–C) groups is 1. The van der Waals surface area contributed by atoms with E-state index in [2.05, 4.69) is 53.6 Å². The molecular formula is C17H23NS. The molecular weight excluding hydrogens is 250 g/mol. The first-order valence-corrected chi connectivity index (χ1v) is 7.92. The van der Waals surface area contributed by atoms with Crippen LogP contribution in [0.4, 0.5) is 5.69 Å². The van der Waals surface area contributed by atoms with Crippen LogP contribution in [0.25, 0.3) is 0 Å². The topological polar surface area (TPSA) is 12.4 Å². The number of unbranched alkanes of at least 4 members (excludes halogenated alkanes) is 1. The van der Waals surface area contributed by atoms with Gasteiger partial charge in [0, 0.05) is 0 Å². The normalized spacial score (nSPS) is 22.8. The Morgan fingerprint density at radius 3 is 2.42 bits per heavy atom. The first-order valence-electron chi connectivity index (χ1n) is 7.51. The zero-order chi connectivity index (χ0) is 13.5. The van der Waals surface area contributed by atoms with Gasteiger partial charge in [-0.1, -0.05) is 38.3 Å². The Hall–Kier alpha value is -0.980. The third kappa shape index (κ3) is 4.26. The van der Waals surface area contributed by atoms with Gasteiger partial charge in [0.15, 0.2) is 0 Å². The average Bonchev–Trinajstić information content (AvgIpc) is 2.47. The summed E-state index contributed by atoms with van der Waals surface area (Å²) in [7, 11) is 0. The fourth-order valence-corrected chi connectivity index (χ4v) is 3.26. The highest BCUT2D eigenvalue weighted by molar-refractivity contribution is 7.78. The molecule has 2 rings (SSSR count). The van der Waals surface area contributed by atoms with Crippen LogP contribution in [-0.4, -0.2) is 5.16 Å². The molecule has 0 bridgehead atoms. The van der Waals surface area contributed by atoms with Gasteiger partial charge >= 0.3 is 0 Å². The Balaban J connectivity index is 1.88. The third-order valence-corrected chi connectivity index (χ3v) is 4.44. The Morgan fingerprint density at radius 1 is 1.16 bits per heavy atom. The molecule has 19 heavy (non-hydrogen) atoms. The lowest BCUT2D eigenvalue weighted by Crippen LogP contribution is -2.13. The molecule has 1 fully saturated rings. The molecule has 1 saturated carbocycles. The van der Waals surface area contributed by atoms with Crippen molar-refractivity contribution in [1.29, 1.82) is 0 Å². The summed E-state index contributed by atoms with van der Waals surface area (Å²) in [5.74, 6) is 1.73. The van der Waals surface area contributed by atoms with Gasteiger partial charge in [-0.05, 0) is 67.4 Å². The molecule has 0 saturated heterocycles. The van der Waals surface area contributed by atoms with E-state index in [1.165, 1.54) is 50.5 Å². The molecule has 0 N–H and O–H groups in total. The number of benzene rings is 1. The van der Waals surface area contributed by atoms with Gasteiger partial charge in [0.05, 0.1) is 10.8 Å². The standard InChI is InChI=1S/C17H23NS/c1-2-3-4-14-5-7-15(8-6-14)16-9-11-17(12-10-16)18-13-19/h9-12,14-15H,2-8H2,1H3/t14-,15-. The predicted molar refractivity (Wildman–Crippen MR) is 85.4 cm³/mol. The van der Waals surface area contributed by atoms with Crippen molar-refractivity contribution < 1.29 is 0 Å². The van der Waals surface area contributed by atoms with Gasteiger partial charge in [0.25, 0.3) is 0 Å². The predicted octanol–water partition coefficient (Wildman–Crippen LogP) is 5.88. The van der Waals surface area contributed by atoms with Gasteiger partial charge in [0.2, 0.25) is 0 Å². The van der Waals surface area contributed by atoms with Crippen LogP contribution < -0.4 is 0 Å². The number of thiocarbonyl (C=S) groups is 1. The average molecular weight is 273 g/mol. The second-order valence-electron chi connectivity index (χ2n) is 5.65. The van der Waals surface area contributed by atoms with Crippen molar-refractivity contribution in [3.05, 3.63) is 29.8 Å². The van der Waals surface area contributed by atoms with Crippen LogP contribution in [0.2, 0.25) is 0 Å². The second-order valence-corrected chi connectivity index (χ2v) is 5.84. The molecule has 0 aliphatic heterocycles. The van der Waals surface area contributed by atoms with E-state index in [0.29, 0.717) is 0 Å². The highest BCUT2D eigenvalue weighted by Gasteiger charge is 2.21. The van der Waals surface area contributed by atoms with Crippen molar-refractivity contribution in [1.82, 2.24) is 0 Å². The van der Waals surface area contributed by atoms with Crippen LogP contribution >= 0.6 is 12.2 Å². The summed E-state index contributed by atoms with van der Waals surface area (Å²) in [5.41, 5.74) is 2.38. The van der Waals surface area contributed by atoms with Gasteiger partial charge in [0.1, 0.15) is 0 Å². The zero-order valence-electron chi connectivity index (χ0n) is 11.8. The summed E-state index contributed by atoms with van der Waals surface area (Å²) in [6, 6.07) is 8.53. The number of hydrogen-bond donors (Lipinski definition) is 0. The molecule has 1 aromatic rings. The Morgan fingerprint density at radius 2 is 1.84 bits per heavy atom. The molecule has 102 valence electrons. The molecule has 0 heterocycles. The maximum Gasteiger partial charge on any atom is 0.0739 e. The minimum Gasteiger partial charge on any atom is -0.195 e. The van der Waals surface area contributed by atoms with E-state index >= 15 is 0 Å². The summed E-state index contributed by atoms with van der Waals surface area (Å²) in [4.78, 5) is 4.00. The molecule has 0 aromatic heterocycles. The quantitative estimate of drug-likeness (QED) is 0.481. The molecule has 0 radical (unpaired) electrons. The van der Waals surface area contributed by atoms with Crippen molar-refractivity contribution >= 4 is 23.1 Å². The Labute approximate surface area is 122 Å². The summed E-state index contributed by atoms with van der Waals surface area (Å²) in [6.45, 7) is 2.29. The summed E-state index contributed by atoms with van der Waals surface area (Å²) < 4.78 is 0. The molecule has 0 spiro atoms. The van der Waals surface area contributed by atoms with E-state index in [-0.39, 0.29) is 0 Å². The molecule has 1 aliphatic carbocycles. The van der Waals surface area contributed by atoms with Gasteiger partial charge in [-0.3, -0.25) is 0 Å². The van der Waals surface area contributed by atoms with Gasteiger partial charge in [-0.2, -0.15) is 4.99 Å². The van der Waals surface area contributed by atoms with Crippen LogP contribution in [-0.2, 0) is 0 Å². The van der Waals surface area contributed by atoms with Gasteiger partial charge in [-0.15, -0.1) is 0 Å². The SMILES string of the molecule is CCCC[C@H]1CC[C@H](c2ccc(N=C=S)cc2)CC1. The van der Waals surface area contributed by atoms with Crippen molar-refractivity contribution in [2.45, 2.75) is 57.8 Å². The third-order valence-electron chi connectivity index (χ3n) is 4.35. The first kappa shape index (κ1) is 14.4. The van der Waals surface area contributed by atoms with Crippen molar-refractivity contribution in [3.63, 3.8) is 0 Å². The highest BCUT2D eigenvalue weighted by Crippen LogP contribution is 2.37. The van der Waals surface area contributed by atoms with E-state index in [1.807, 2.05) is 0 Å². The summed E-state index contributed by atoms with van der Waals surface area (Å²) >= 11 is 4.62. The molecule has 2 heteroatoms. The second kappa shape index (κ2) is 7.57. The number of rotatable bonds is 5. The molecule has 0 atom stereocenters. The van der Waals surface area contributed by atoms with E-state index in [9.17, 15) is 0 Å². The van der Waals surface area contributed by atoms with Crippen LogP contribution in [0.15, 0.2) is 29.3 Å². The maximum atomic E-state index is 4.62. The lowest BCUT2D eigenvalue weighted by molar-refractivity contribution is 0.304. The van der Waals surface area contributed by atoms with Crippen LogP contribution in [0.5, 0.6) is 0 Å². The fraction of sp³-hybridized carbons (Fsp3) is 0.588. The largest absolute Gasteiger partial charge is 0.195 e. The maximum absolute atomic E-state index is 4.62. The fourth-order valence-electron chi connectivity index (χ4n) is 3.15. The number of nitrogens with zero attached hydrogens (tertiary/aromatic N) is 1. The summed E-state index contributed by atoms with van der Waals surface area (Å²) in [6.07, 6.45) is 9.69. The van der Waals surface area contributed by atoms with Crippen LogP contribution in [0.3, 0.4) is 0 Å². The van der Waals surface area contributed by atoms with Crippen molar-refractivity contribution in [3.8, 4) is 0 Å². The van der Waals surface area contributed by atoms with Crippen LogP contribution in [0.1, 0.15) is 63.4 Å². The van der Waals surface area contributed by atoms with E-state index in [4.69, 9.17) is 0 Å². The number of hydrogen-bond acceptors (Lipinski definition) is 2. The molecule has 1 aliphatic rings. The smallest absolute Gasteiger partial charge is 0.0739 e. The molecule has 1 aromatic carbocycles. The minimum atomic E-state index is 0.753. The highest BCUT2D eigenvalue weighted by atomic mass is 32.1. The Kier molecular flexibility index (Phi) is 5.75. The van der Waals surface area contributed by atoms with E-state index < -0.39 is 0 Å². The van der Waals surface area contributed by atoms with Gasteiger partial charge < -0.3 is 0 Å². The lowest BCUT2D eigenvalue weighted by atomic mass is 9.77. The monoisotopic (exact) mass is 273 g/mol. The zero-order valence-corrected chi connectivity index (χ0v) is 12.6. The first-order chi connectivity index (χ1) is 9.33. The van der Waals surface area contributed by atoms with Crippen molar-refractivity contribution in [2.24, 2.45) is 10.9 Å². The van der Waals surface area contributed by atoms with E-state index in [0.717, 1.165) is 17.5 Å². The molecule has 0 amide bonds. The lowest BCUT2D eigenvalue weighted by Gasteiger charge is -2.28. The molecule has 0 unspecified atom stereocenters. The van der Waals surface area contributed by atoms with Gasteiger partial charge in [-0.25, -0.2) is 0 Å². The number of isothiocyanates is 1. The summed E-state index contributed by atoms with van der Waals surface area (Å²) in [5, 5.41) is 2.42. The Bertz CT molecular complexity index is 423. The van der Waals surface area contributed by atoms with Crippen LogP contribution in [0, 0.1) is 5.92 Å². The minimum absolute atomic E-state index is 0.753. The molecule has 1 nitrogen and oxygen atoms in total.